The van der Waals surface area contributed by atoms with Gasteiger partial charge in [0.05, 0.1) is 11.4 Å². The van der Waals surface area contributed by atoms with Gasteiger partial charge in [-0.1, -0.05) is 88.4 Å². The maximum atomic E-state index is 9.00. The molecule has 2 aromatic heterocycles. The summed E-state index contributed by atoms with van der Waals surface area (Å²) in [5.41, 5.74) is 10.4. The van der Waals surface area contributed by atoms with Crippen molar-refractivity contribution < 1.29 is 9.90 Å². The third kappa shape index (κ3) is 7.19. The normalized spacial score (nSPS) is 9.19. The number of benzene rings is 2. The molecule has 0 unspecified atom stereocenters. The van der Waals surface area contributed by atoms with Crippen molar-refractivity contribution in [2.24, 2.45) is 0 Å². The molecule has 4 aromatic rings. The minimum absolute atomic E-state index is 0.251. The van der Waals surface area contributed by atoms with Crippen molar-refractivity contribution in [3.05, 3.63) is 72.9 Å². The highest BCUT2D eigenvalue weighted by molar-refractivity contribution is 5.99. The molecule has 0 amide bonds. The maximum Gasteiger partial charge on any atom is 0.300 e. The van der Waals surface area contributed by atoms with E-state index < -0.39 is 5.97 Å². The Morgan fingerprint density at radius 3 is 1.71 bits per heavy atom. The molecule has 6 nitrogen and oxygen atoms in total. The summed E-state index contributed by atoms with van der Waals surface area (Å²) < 4.78 is 0. The fourth-order valence-corrected chi connectivity index (χ4v) is 2.70. The number of carboxylic acid groups (broad SMARTS) is 1. The summed E-state index contributed by atoms with van der Waals surface area (Å²) in [5, 5.41) is 8.36. The molecule has 31 heavy (non-hydrogen) atoms. The molecule has 0 bridgehead atoms. The van der Waals surface area contributed by atoms with Crippen LogP contribution in [0, 0.1) is 0 Å². The smallest absolute Gasteiger partial charge is 0.300 e. The monoisotopic (exact) mass is 418 g/mol. The van der Waals surface area contributed by atoms with Crippen LogP contribution in [0.15, 0.2) is 72.9 Å². The van der Waals surface area contributed by atoms with E-state index in [0.29, 0.717) is 0 Å². The molecule has 2 aromatic carbocycles. The highest BCUT2D eigenvalue weighted by Gasteiger charge is 2.13. The number of carbonyl (C=O) groups is 1. The summed E-state index contributed by atoms with van der Waals surface area (Å²) in [6, 6.07) is 21.9. The summed E-state index contributed by atoms with van der Waals surface area (Å²) in [4.78, 5) is 22.4. The van der Waals surface area contributed by atoms with Crippen LogP contribution in [0.25, 0.3) is 33.4 Å². The van der Waals surface area contributed by atoms with Crippen molar-refractivity contribution in [2.45, 2.75) is 34.6 Å². The van der Waals surface area contributed by atoms with E-state index in [-0.39, 0.29) is 5.95 Å². The molecule has 0 atom stereocenters. The second kappa shape index (κ2) is 13.4. The van der Waals surface area contributed by atoms with Crippen LogP contribution in [0.3, 0.4) is 0 Å². The number of aromatic nitrogens is 3. The number of fused-ring (bicyclic) bond motifs is 1. The van der Waals surface area contributed by atoms with E-state index in [1.807, 2.05) is 94.4 Å². The molecule has 6 heteroatoms. The molecule has 4 rings (SSSR count). The van der Waals surface area contributed by atoms with E-state index in [2.05, 4.69) is 15.0 Å². The van der Waals surface area contributed by atoms with Crippen molar-refractivity contribution >= 4 is 22.8 Å². The zero-order valence-electron chi connectivity index (χ0n) is 18.7. The number of anilines is 1. The SMILES string of the molecule is CC.CC.CC(=O)O.Nc1nc(-c2ccccc2)c2ccnc(-c3ccccc3)c2n1. The first-order valence-electron chi connectivity index (χ1n) is 10.3. The van der Waals surface area contributed by atoms with Crippen LogP contribution in [0.1, 0.15) is 34.6 Å². The van der Waals surface area contributed by atoms with E-state index in [1.54, 1.807) is 6.20 Å². The first kappa shape index (κ1) is 25.2. The largest absolute Gasteiger partial charge is 0.481 e. The Kier molecular flexibility index (Phi) is 10.9. The molecule has 0 aliphatic carbocycles. The lowest BCUT2D eigenvalue weighted by atomic mass is 10.0. The molecular formula is C25H30N4O2. The molecular weight excluding hydrogens is 388 g/mol. The lowest BCUT2D eigenvalue weighted by Gasteiger charge is -2.10. The number of rotatable bonds is 2. The van der Waals surface area contributed by atoms with Gasteiger partial charge in [0, 0.05) is 29.6 Å². The van der Waals surface area contributed by atoms with E-state index >= 15 is 0 Å². The third-order valence-electron chi connectivity index (χ3n) is 3.73. The van der Waals surface area contributed by atoms with Crippen molar-refractivity contribution in [3.8, 4) is 22.5 Å². The van der Waals surface area contributed by atoms with E-state index in [4.69, 9.17) is 15.6 Å². The highest BCUT2D eigenvalue weighted by Crippen LogP contribution is 2.31. The van der Waals surface area contributed by atoms with Crippen LogP contribution in [-0.2, 0) is 4.79 Å². The third-order valence-corrected chi connectivity index (χ3v) is 3.73. The Balaban J connectivity index is 0.000000532. The molecule has 0 spiro atoms. The maximum absolute atomic E-state index is 9.00. The van der Waals surface area contributed by atoms with Crippen molar-refractivity contribution in [1.29, 1.82) is 0 Å². The summed E-state index contributed by atoms with van der Waals surface area (Å²) in [6.07, 6.45) is 1.79. The lowest BCUT2D eigenvalue weighted by Crippen LogP contribution is -2.00. The Morgan fingerprint density at radius 1 is 0.774 bits per heavy atom. The van der Waals surface area contributed by atoms with Gasteiger partial charge in [-0.25, -0.2) is 9.97 Å². The number of aliphatic carboxylic acids is 1. The number of nitrogen functional groups attached to an aromatic ring is 1. The Labute approximate surface area is 183 Å². The molecule has 0 aliphatic rings. The minimum Gasteiger partial charge on any atom is -0.481 e. The first-order chi connectivity index (χ1) is 15.1. The van der Waals surface area contributed by atoms with Crippen LogP contribution in [-0.4, -0.2) is 26.0 Å². The molecule has 0 radical (unpaired) electrons. The lowest BCUT2D eigenvalue weighted by molar-refractivity contribution is -0.134. The Morgan fingerprint density at radius 2 is 1.23 bits per heavy atom. The van der Waals surface area contributed by atoms with E-state index in [9.17, 15) is 0 Å². The number of pyridine rings is 1. The van der Waals surface area contributed by atoms with Crippen LogP contribution >= 0.6 is 0 Å². The molecule has 0 aliphatic heterocycles. The number of nitrogens with two attached hydrogens (primary N) is 1. The summed E-state index contributed by atoms with van der Waals surface area (Å²) in [7, 11) is 0. The predicted octanol–water partition coefficient (Wildman–Crippen LogP) is 6.08. The summed E-state index contributed by atoms with van der Waals surface area (Å²) in [5.74, 6) is -0.582. The van der Waals surface area contributed by atoms with Gasteiger partial charge in [0.2, 0.25) is 5.95 Å². The van der Waals surface area contributed by atoms with Crippen LogP contribution in [0.4, 0.5) is 5.95 Å². The van der Waals surface area contributed by atoms with Gasteiger partial charge in [0.15, 0.2) is 0 Å². The Bertz CT molecular complexity index is 1060. The molecule has 2 heterocycles. The fraction of sp³-hybridized carbons (Fsp3) is 0.200. The van der Waals surface area contributed by atoms with Crippen LogP contribution in [0.5, 0.6) is 0 Å². The number of hydrogen-bond acceptors (Lipinski definition) is 5. The number of hydrogen-bond donors (Lipinski definition) is 2. The summed E-state index contributed by atoms with van der Waals surface area (Å²) >= 11 is 0. The van der Waals surface area contributed by atoms with Gasteiger partial charge < -0.3 is 10.8 Å². The zero-order valence-corrected chi connectivity index (χ0v) is 18.7. The second-order valence-electron chi connectivity index (χ2n) is 5.74. The minimum atomic E-state index is -0.833. The average Bonchev–Trinajstić information content (AvgIpc) is 2.81. The highest BCUT2D eigenvalue weighted by atomic mass is 16.4. The van der Waals surface area contributed by atoms with Gasteiger partial charge in [-0.2, -0.15) is 0 Å². The molecule has 162 valence electrons. The molecule has 0 fully saturated rings. The predicted molar refractivity (Wildman–Crippen MR) is 129 cm³/mol. The van der Waals surface area contributed by atoms with E-state index in [1.165, 1.54) is 0 Å². The van der Waals surface area contributed by atoms with Crippen LogP contribution in [0.2, 0.25) is 0 Å². The number of carboxylic acids is 1. The van der Waals surface area contributed by atoms with Gasteiger partial charge >= 0.3 is 0 Å². The average molecular weight is 419 g/mol. The van der Waals surface area contributed by atoms with Gasteiger partial charge in [0.1, 0.15) is 5.52 Å². The quantitative estimate of drug-likeness (QED) is 0.409. The van der Waals surface area contributed by atoms with Gasteiger partial charge in [-0.15, -0.1) is 0 Å². The molecule has 3 N–H and O–H groups in total. The van der Waals surface area contributed by atoms with Gasteiger partial charge in [0.25, 0.3) is 5.97 Å². The van der Waals surface area contributed by atoms with Crippen molar-refractivity contribution in [2.75, 3.05) is 5.73 Å². The topological polar surface area (TPSA) is 102 Å². The first-order valence-corrected chi connectivity index (χ1v) is 10.3. The van der Waals surface area contributed by atoms with Crippen LogP contribution < -0.4 is 5.73 Å². The second-order valence-corrected chi connectivity index (χ2v) is 5.74. The van der Waals surface area contributed by atoms with Crippen molar-refractivity contribution in [1.82, 2.24) is 15.0 Å². The molecule has 0 saturated heterocycles. The zero-order chi connectivity index (χ0) is 23.2. The van der Waals surface area contributed by atoms with Crippen molar-refractivity contribution in [3.63, 3.8) is 0 Å². The van der Waals surface area contributed by atoms with E-state index in [0.717, 1.165) is 40.3 Å². The fourth-order valence-electron chi connectivity index (χ4n) is 2.70. The van der Waals surface area contributed by atoms with Gasteiger partial charge in [-0.05, 0) is 6.07 Å². The standard InChI is InChI=1S/C19H14N4.C2H4O2.2C2H6/c20-19-22-16(13-7-3-1-4-8-13)15-11-12-21-17(18(15)23-19)14-9-5-2-6-10-14;1-2(3)4;2*1-2/h1-12H,(H2,20,22,23);1H3,(H,3,4);2*1-2H3. The van der Waals surface area contributed by atoms with Gasteiger partial charge in [-0.3, -0.25) is 9.78 Å². The molecule has 0 saturated carbocycles. The summed E-state index contributed by atoms with van der Waals surface area (Å²) in [6.45, 7) is 9.08. The Hall–Kier alpha value is -3.80. The number of nitrogens with zero attached hydrogens (tertiary/aromatic N) is 3.